The van der Waals surface area contributed by atoms with Gasteiger partial charge in [-0.25, -0.2) is 0 Å². The van der Waals surface area contributed by atoms with E-state index in [1.807, 2.05) is 13.8 Å². The van der Waals surface area contributed by atoms with Crippen molar-refractivity contribution in [1.29, 1.82) is 5.26 Å². The van der Waals surface area contributed by atoms with Crippen LogP contribution in [-0.4, -0.2) is 24.5 Å². The van der Waals surface area contributed by atoms with Gasteiger partial charge in [-0.3, -0.25) is 0 Å². The largest absolute Gasteiger partial charge is 0.303 e. The summed E-state index contributed by atoms with van der Waals surface area (Å²) in [5, 5.41) is 8.95. The molecule has 16 heavy (non-hydrogen) atoms. The van der Waals surface area contributed by atoms with Crippen LogP contribution in [0, 0.1) is 22.2 Å². The number of hydrogen-bond donors (Lipinski definition) is 0. The number of rotatable bonds is 4. The Morgan fingerprint density at radius 2 is 2.06 bits per heavy atom. The first-order valence-electron chi connectivity index (χ1n) is 6.48. The molecule has 0 aromatic heterocycles. The third kappa shape index (κ3) is 4.53. The molecule has 2 nitrogen and oxygen atoms in total. The first kappa shape index (κ1) is 13.5. The quantitative estimate of drug-likeness (QED) is 0.728. The molecule has 0 N–H and O–H groups in total. The monoisotopic (exact) mass is 222 g/mol. The van der Waals surface area contributed by atoms with E-state index in [1.54, 1.807) is 0 Å². The summed E-state index contributed by atoms with van der Waals surface area (Å²) >= 11 is 0. The maximum absolute atomic E-state index is 8.95. The van der Waals surface area contributed by atoms with Gasteiger partial charge in [0, 0.05) is 6.54 Å². The maximum atomic E-state index is 8.95. The predicted octanol–water partition coefficient (Wildman–Crippen LogP) is 3.44. The van der Waals surface area contributed by atoms with Crippen LogP contribution in [0.1, 0.15) is 53.4 Å². The molecule has 92 valence electrons. The average Bonchev–Trinajstić information content (AvgIpc) is 2.16. The summed E-state index contributed by atoms with van der Waals surface area (Å²) in [5.74, 6) is 0. The van der Waals surface area contributed by atoms with E-state index in [9.17, 15) is 0 Å². The van der Waals surface area contributed by atoms with E-state index in [0.717, 1.165) is 19.4 Å². The van der Waals surface area contributed by atoms with Crippen LogP contribution in [0.4, 0.5) is 0 Å². The standard InChI is InChI=1S/C14H26N2/c1-13(2,11-15)7-5-9-16-10-6-8-14(3,4)12-16/h5-10,12H2,1-4H3. The molecule has 0 aromatic rings. The first-order chi connectivity index (χ1) is 7.35. The van der Waals surface area contributed by atoms with Gasteiger partial charge >= 0.3 is 0 Å². The van der Waals surface area contributed by atoms with Crippen molar-refractivity contribution >= 4 is 0 Å². The van der Waals surface area contributed by atoms with Gasteiger partial charge in [0.05, 0.1) is 11.5 Å². The third-order valence-corrected chi connectivity index (χ3v) is 3.56. The fraction of sp³-hybridized carbons (Fsp3) is 0.929. The summed E-state index contributed by atoms with van der Waals surface area (Å²) in [4.78, 5) is 2.57. The van der Waals surface area contributed by atoms with Crippen LogP contribution in [0.5, 0.6) is 0 Å². The second kappa shape index (κ2) is 5.19. The highest BCUT2D eigenvalue weighted by atomic mass is 15.1. The SMILES string of the molecule is CC(C)(C#N)CCCN1CCCC(C)(C)C1. The first-order valence-corrected chi connectivity index (χ1v) is 6.48. The summed E-state index contributed by atoms with van der Waals surface area (Å²) < 4.78 is 0. The van der Waals surface area contributed by atoms with Gasteiger partial charge in [-0.1, -0.05) is 13.8 Å². The van der Waals surface area contributed by atoms with E-state index in [-0.39, 0.29) is 5.41 Å². The van der Waals surface area contributed by atoms with Gasteiger partial charge in [-0.2, -0.15) is 5.26 Å². The highest BCUT2D eigenvalue weighted by Gasteiger charge is 2.26. The number of piperidine rings is 1. The number of hydrogen-bond acceptors (Lipinski definition) is 2. The van der Waals surface area contributed by atoms with Crippen molar-refractivity contribution in [1.82, 2.24) is 4.90 Å². The molecule has 0 bridgehead atoms. The molecule has 0 saturated carbocycles. The lowest BCUT2D eigenvalue weighted by Crippen LogP contribution is -2.40. The van der Waals surface area contributed by atoms with Crippen molar-refractivity contribution in [3.63, 3.8) is 0 Å². The predicted molar refractivity (Wildman–Crippen MR) is 68.1 cm³/mol. The Labute approximate surface area is 101 Å². The Hall–Kier alpha value is -0.550. The normalized spacial score (nSPS) is 21.7. The molecular formula is C14H26N2. The van der Waals surface area contributed by atoms with Crippen LogP contribution in [0.15, 0.2) is 0 Å². The second-order valence-electron chi connectivity index (χ2n) is 6.64. The molecular weight excluding hydrogens is 196 g/mol. The molecule has 0 unspecified atom stereocenters. The lowest BCUT2D eigenvalue weighted by Gasteiger charge is -2.38. The molecule has 0 aromatic carbocycles. The number of nitriles is 1. The Bertz CT molecular complexity index is 260. The lowest BCUT2D eigenvalue weighted by atomic mass is 9.84. The van der Waals surface area contributed by atoms with Crippen LogP contribution < -0.4 is 0 Å². The van der Waals surface area contributed by atoms with Gasteiger partial charge in [-0.05, 0) is 58.0 Å². The van der Waals surface area contributed by atoms with Crippen molar-refractivity contribution in [2.75, 3.05) is 19.6 Å². The molecule has 1 aliphatic heterocycles. The van der Waals surface area contributed by atoms with E-state index in [0.29, 0.717) is 5.41 Å². The topological polar surface area (TPSA) is 27.0 Å². The van der Waals surface area contributed by atoms with Gasteiger partial charge in [-0.15, -0.1) is 0 Å². The van der Waals surface area contributed by atoms with E-state index >= 15 is 0 Å². The summed E-state index contributed by atoms with van der Waals surface area (Å²) in [5.41, 5.74) is 0.342. The molecule has 0 amide bonds. The zero-order chi connectivity index (χ0) is 12.2. The zero-order valence-electron chi connectivity index (χ0n) is 11.3. The van der Waals surface area contributed by atoms with Crippen molar-refractivity contribution < 1.29 is 0 Å². The summed E-state index contributed by atoms with van der Waals surface area (Å²) in [7, 11) is 0. The van der Waals surface area contributed by atoms with Crippen LogP contribution in [0.25, 0.3) is 0 Å². The van der Waals surface area contributed by atoms with E-state index in [1.165, 1.54) is 25.9 Å². The highest BCUT2D eigenvalue weighted by molar-refractivity contribution is 4.91. The third-order valence-electron chi connectivity index (χ3n) is 3.56. The molecule has 1 aliphatic rings. The van der Waals surface area contributed by atoms with E-state index < -0.39 is 0 Å². The Morgan fingerprint density at radius 1 is 1.38 bits per heavy atom. The van der Waals surface area contributed by atoms with Crippen molar-refractivity contribution in [3.05, 3.63) is 0 Å². The van der Waals surface area contributed by atoms with Gasteiger partial charge < -0.3 is 4.90 Å². The van der Waals surface area contributed by atoms with Gasteiger partial charge in [0.25, 0.3) is 0 Å². The molecule has 0 atom stereocenters. The van der Waals surface area contributed by atoms with Crippen molar-refractivity contribution in [2.24, 2.45) is 10.8 Å². The average molecular weight is 222 g/mol. The summed E-state index contributed by atoms with van der Waals surface area (Å²) in [6, 6.07) is 2.38. The van der Waals surface area contributed by atoms with Crippen LogP contribution in [-0.2, 0) is 0 Å². The van der Waals surface area contributed by atoms with Crippen molar-refractivity contribution in [3.8, 4) is 6.07 Å². The smallest absolute Gasteiger partial charge is 0.0683 e. The Morgan fingerprint density at radius 3 is 2.62 bits per heavy atom. The molecule has 1 heterocycles. The van der Waals surface area contributed by atoms with Gasteiger partial charge in [0.2, 0.25) is 0 Å². The fourth-order valence-corrected chi connectivity index (χ4v) is 2.54. The summed E-state index contributed by atoms with van der Waals surface area (Å²) in [6.07, 6.45) is 4.85. The van der Waals surface area contributed by atoms with Gasteiger partial charge in [0.1, 0.15) is 0 Å². The minimum atomic E-state index is -0.148. The molecule has 0 radical (unpaired) electrons. The molecule has 0 aliphatic carbocycles. The van der Waals surface area contributed by atoms with E-state index in [4.69, 9.17) is 5.26 Å². The molecule has 1 rings (SSSR count). The van der Waals surface area contributed by atoms with E-state index in [2.05, 4.69) is 24.8 Å². The van der Waals surface area contributed by atoms with Crippen LogP contribution >= 0.6 is 0 Å². The molecule has 1 fully saturated rings. The maximum Gasteiger partial charge on any atom is 0.0683 e. The fourth-order valence-electron chi connectivity index (χ4n) is 2.54. The molecule has 2 heteroatoms. The molecule has 0 spiro atoms. The number of nitrogens with zero attached hydrogens (tertiary/aromatic N) is 2. The Balaban J connectivity index is 2.26. The minimum absolute atomic E-state index is 0.148. The van der Waals surface area contributed by atoms with Gasteiger partial charge in [0.15, 0.2) is 0 Å². The van der Waals surface area contributed by atoms with Crippen LogP contribution in [0.2, 0.25) is 0 Å². The van der Waals surface area contributed by atoms with Crippen molar-refractivity contribution in [2.45, 2.75) is 53.4 Å². The molecule has 1 saturated heterocycles. The zero-order valence-corrected chi connectivity index (χ0v) is 11.3. The second-order valence-corrected chi connectivity index (χ2v) is 6.64. The van der Waals surface area contributed by atoms with Crippen LogP contribution in [0.3, 0.4) is 0 Å². The summed E-state index contributed by atoms with van der Waals surface area (Å²) in [6.45, 7) is 12.4. The Kier molecular flexibility index (Phi) is 4.38. The highest BCUT2D eigenvalue weighted by Crippen LogP contribution is 2.29. The lowest BCUT2D eigenvalue weighted by molar-refractivity contribution is 0.114. The number of likely N-dealkylation sites (tertiary alicyclic amines) is 1. The minimum Gasteiger partial charge on any atom is -0.303 e.